The summed E-state index contributed by atoms with van der Waals surface area (Å²) >= 11 is 0. The lowest BCUT2D eigenvalue weighted by molar-refractivity contribution is -0.140. The van der Waals surface area contributed by atoms with Crippen LogP contribution in [0.2, 0.25) is 0 Å². The number of ketones is 1. The number of aliphatic hydroxyl groups excluding tert-OH is 2. The molecule has 1 amide bonds. The number of carbonyl (C=O) groups excluding carboxylic acids is 2. The van der Waals surface area contributed by atoms with E-state index in [1.807, 2.05) is 6.92 Å². The Balaban J connectivity index is 2.00. The Hall–Kier alpha value is -3.23. The lowest BCUT2D eigenvalue weighted by atomic mass is 9.98. The van der Waals surface area contributed by atoms with Crippen LogP contribution in [0.25, 0.3) is 5.76 Å². The summed E-state index contributed by atoms with van der Waals surface area (Å²) in [5.41, 5.74) is 0.838. The van der Waals surface area contributed by atoms with Crippen molar-refractivity contribution in [3.05, 3.63) is 65.5 Å². The molecule has 1 aromatic heterocycles. The Kier molecular flexibility index (Phi) is 7.16. The number of hydrogen-bond acceptors (Lipinski definition) is 7. The number of pyridine rings is 1. The fourth-order valence-electron chi connectivity index (χ4n) is 3.32. The molecular weight excluding hydrogens is 388 g/mol. The highest BCUT2D eigenvalue weighted by Gasteiger charge is 2.46. The number of Topliss-reactive ketones (excluding diaryl/α,β-unsaturated/α-hetero) is 1. The van der Waals surface area contributed by atoms with E-state index in [4.69, 9.17) is 14.6 Å². The van der Waals surface area contributed by atoms with E-state index < -0.39 is 17.7 Å². The Morgan fingerprint density at radius 1 is 1.13 bits per heavy atom. The van der Waals surface area contributed by atoms with Crippen molar-refractivity contribution in [3.8, 4) is 5.75 Å². The van der Waals surface area contributed by atoms with Crippen LogP contribution in [0, 0.1) is 0 Å². The van der Waals surface area contributed by atoms with Gasteiger partial charge >= 0.3 is 0 Å². The van der Waals surface area contributed by atoms with Crippen molar-refractivity contribution >= 4 is 17.4 Å². The molecule has 2 N–H and O–H groups in total. The number of benzene rings is 1. The average molecular weight is 412 g/mol. The first-order valence-electron chi connectivity index (χ1n) is 9.69. The zero-order valence-electron chi connectivity index (χ0n) is 16.7. The number of aliphatic hydroxyl groups is 2. The maximum Gasteiger partial charge on any atom is 0.295 e. The van der Waals surface area contributed by atoms with Crippen LogP contribution in [0.4, 0.5) is 0 Å². The molecule has 0 unspecified atom stereocenters. The highest BCUT2D eigenvalue weighted by atomic mass is 16.5. The van der Waals surface area contributed by atoms with Gasteiger partial charge in [-0.25, -0.2) is 0 Å². The number of likely N-dealkylation sites (tertiary alicyclic amines) is 1. The van der Waals surface area contributed by atoms with Crippen LogP contribution in [0.15, 0.2) is 54.2 Å². The van der Waals surface area contributed by atoms with Gasteiger partial charge in [0.2, 0.25) is 0 Å². The predicted molar refractivity (Wildman–Crippen MR) is 109 cm³/mol. The molecule has 1 fully saturated rings. The van der Waals surface area contributed by atoms with Gasteiger partial charge in [-0.05, 0) is 43.3 Å². The molecule has 1 aliphatic rings. The third-order valence-corrected chi connectivity index (χ3v) is 4.66. The largest absolute Gasteiger partial charge is 0.507 e. The van der Waals surface area contributed by atoms with Gasteiger partial charge in [-0.1, -0.05) is 6.07 Å². The fraction of sp³-hybridized carbons (Fsp3) is 0.318. The monoisotopic (exact) mass is 412 g/mol. The minimum Gasteiger partial charge on any atom is -0.507 e. The van der Waals surface area contributed by atoms with E-state index in [1.165, 1.54) is 4.90 Å². The number of amides is 1. The molecule has 30 heavy (non-hydrogen) atoms. The molecule has 0 spiro atoms. The minimum atomic E-state index is -0.838. The number of ether oxygens (including phenoxy) is 2. The molecule has 3 rings (SSSR count). The Morgan fingerprint density at radius 3 is 2.53 bits per heavy atom. The Morgan fingerprint density at radius 2 is 1.90 bits per heavy atom. The first-order valence-corrected chi connectivity index (χ1v) is 9.69. The lowest BCUT2D eigenvalue weighted by Crippen LogP contribution is -2.33. The topological polar surface area (TPSA) is 109 Å². The normalized spacial score (nSPS) is 18.1. The van der Waals surface area contributed by atoms with E-state index >= 15 is 0 Å². The third-order valence-electron chi connectivity index (χ3n) is 4.66. The molecule has 0 saturated carbocycles. The van der Waals surface area contributed by atoms with Crippen LogP contribution in [0.1, 0.15) is 24.2 Å². The van der Waals surface area contributed by atoms with Crippen LogP contribution >= 0.6 is 0 Å². The van der Waals surface area contributed by atoms with Crippen LogP contribution in [0.5, 0.6) is 5.75 Å². The third kappa shape index (κ3) is 4.50. The van der Waals surface area contributed by atoms with E-state index in [-0.39, 0.29) is 37.7 Å². The van der Waals surface area contributed by atoms with Crippen LogP contribution in [-0.2, 0) is 14.3 Å². The summed E-state index contributed by atoms with van der Waals surface area (Å²) in [7, 11) is 0. The highest BCUT2D eigenvalue weighted by molar-refractivity contribution is 6.46. The lowest BCUT2D eigenvalue weighted by Gasteiger charge is -2.24. The predicted octanol–water partition coefficient (Wildman–Crippen LogP) is 1.91. The molecule has 2 heterocycles. The maximum atomic E-state index is 12.8. The van der Waals surface area contributed by atoms with Crippen molar-refractivity contribution in [3.63, 3.8) is 0 Å². The van der Waals surface area contributed by atoms with Gasteiger partial charge in [0.15, 0.2) is 0 Å². The summed E-state index contributed by atoms with van der Waals surface area (Å²) in [6.45, 7) is 2.62. The molecule has 2 aromatic rings. The van der Waals surface area contributed by atoms with E-state index in [9.17, 15) is 14.7 Å². The summed E-state index contributed by atoms with van der Waals surface area (Å²) < 4.78 is 10.7. The second-order valence-corrected chi connectivity index (χ2v) is 6.54. The first-order chi connectivity index (χ1) is 14.6. The number of aromatic nitrogens is 1. The minimum absolute atomic E-state index is 0.0231. The average Bonchev–Trinajstić information content (AvgIpc) is 3.02. The molecule has 0 radical (unpaired) electrons. The first kappa shape index (κ1) is 21.5. The maximum absolute atomic E-state index is 12.8. The van der Waals surface area contributed by atoms with E-state index in [2.05, 4.69) is 4.98 Å². The van der Waals surface area contributed by atoms with E-state index in [1.54, 1.807) is 48.7 Å². The molecule has 1 atom stereocenters. The van der Waals surface area contributed by atoms with Crippen molar-refractivity contribution in [2.45, 2.75) is 13.0 Å². The Bertz CT molecular complexity index is 911. The molecule has 1 saturated heterocycles. The van der Waals surface area contributed by atoms with Gasteiger partial charge in [0.25, 0.3) is 11.7 Å². The van der Waals surface area contributed by atoms with Gasteiger partial charge < -0.3 is 24.6 Å². The standard InChI is InChI=1S/C22H24N2O6/c1-2-30-16-8-6-15(7-9-16)20(26)18-19(17-5-3-4-10-23-17)24(22(28)21(18)27)11-13-29-14-12-25/h3-10,19,25-26H,2,11-14H2,1H3/t19-/m1/s1. The van der Waals surface area contributed by atoms with Crippen LogP contribution in [-0.4, -0.2) is 64.8 Å². The fourth-order valence-corrected chi connectivity index (χ4v) is 3.32. The van der Waals surface area contributed by atoms with Gasteiger partial charge in [0.05, 0.1) is 37.7 Å². The number of carbonyl (C=O) groups is 2. The zero-order valence-corrected chi connectivity index (χ0v) is 16.7. The highest BCUT2D eigenvalue weighted by Crippen LogP contribution is 2.38. The molecule has 1 aliphatic heterocycles. The van der Waals surface area contributed by atoms with E-state index in [0.717, 1.165) is 0 Å². The van der Waals surface area contributed by atoms with Crippen LogP contribution in [0.3, 0.4) is 0 Å². The summed E-state index contributed by atoms with van der Waals surface area (Å²) in [6, 6.07) is 11.0. The number of hydrogen-bond donors (Lipinski definition) is 2. The molecule has 0 aliphatic carbocycles. The van der Waals surface area contributed by atoms with E-state index in [0.29, 0.717) is 23.6 Å². The summed E-state index contributed by atoms with van der Waals surface area (Å²) in [5, 5.41) is 19.8. The van der Waals surface area contributed by atoms with Gasteiger partial charge in [-0.15, -0.1) is 0 Å². The molecule has 8 heteroatoms. The van der Waals surface area contributed by atoms with Gasteiger partial charge in [-0.2, -0.15) is 0 Å². The number of nitrogens with zero attached hydrogens (tertiary/aromatic N) is 2. The van der Waals surface area contributed by atoms with Crippen LogP contribution < -0.4 is 4.74 Å². The van der Waals surface area contributed by atoms with Crippen molar-refractivity contribution in [1.29, 1.82) is 0 Å². The molecular formula is C22H24N2O6. The van der Waals surface area contributed by atoms with Gasteiger partial charge in [-0.3, -0.25) is 14.6 Å². The van der Waals surface area contributed by atoms with Crippen molar-refractivity contribution in [2.75, 3.05) is 33.0 Å². The zero-order chi connectivity index (χ0) is 21.5. The molecule has 1 aromatic carbocycles. The summed E-state index contributed by atoms with van der Waals surface area (Å²) in [4.78, 5) is 31.2. The molecule has 0 bridgehead atoms. The molecule has 8 nitrogen and oxygen atoms in total. The SMILES string of the molecule is CCOc1ccc(C(O)=C2C(=O)C(=O)N(CCOCCO)[C@@H]2c2ccccn2)cc1. The Labute approximate surface area is 174 Å². The summed E-state index contributed by atoms with van der Waals surface area (Å²) in [5.74, 6) is -1.15. The van der Waals surface area contributed by atoms with Gasteiger partial charge in [0, 0.05) is 18.3 Å². The van der Waals surface area contributed by atoms with Gasteiger partial charge in [0.1, 0.15) is 17.6 Å². The van der Waals surface area contributed by atoms with Crippen molar-refractivity contribution in [2.24, 2.45) is 0 Å². The molecule has 158 valence electrons. The second-order valence-electron chi connectivity index (χ2n) is 6.54. The second kappa shape index (κ2) is 10.00. The quantitative estimate of drug-likeness (QED) is 0.280. The smallest absolute Gasteiger partial charge is 0.295 e. The summed E-state index contributed by atoms with van der Waals surface area (Å²) in [6.07, 6.45) is 1.56. The van der Waals surface area contributed by atoms with Crippen molar-refractivity contribution in [1.82, 2.24) is 9.88 Å². The number of rotatable bonds is 9. The van der Waals surface area contributed by atoms with Crippen molar-refractivity contribution < 1.29 is 29.3 Å².